The third kappa shape index (κ3) is 3.84. The Morgan fingerprint density at radius 1 is 1.40 bits per heavy atom. The van der Waals surface area contributed by atoms with Gasteiger partial charge < -0.3 is 15.7 Å². The second-order valence-electron chi connectivity index (χ2n) is 5.41. The van der Waals surface area contributed by atoms with Crippen molar-refractivity contribution in [3.05, 3.63) is 28.3 Å². The van der Waals surface area contributed by atoms with E-state index in [0.717, 1.165) is 6.42 Å². The number of para-hydroxylation sites is 1. The number of benzene rings is 1. The Kier molecular flexibility index (Phi) is 5.33. The molecule has 20 heavy (non-hydrogen) atoms. The van der Waals surface area contributed by atoms with Gasteiger partial charge in [-0.1, -0.05) is 13.0 Å². The van der Waals surface area contributed by atoms with Crippen LogP contribution in [0.25, 0.3) is 0 Å². The van der Waals surface area contributed by atoms with Gasteiger partial charge in [-0.05, 0) is 39.3 Å². The number of nitro benzene ring substituents is 1. The number of aliphatic hydroxyl groups excluding tert-OH is 1. The van der Waals surface area contributed by atoms with Gasteiger partial charge in [0.1, 0.15) is 11.4 Å². The fraction of sp³-hybridized carbons (Fsp3) is 0.571. The molecule has 1 rings (SSSR count). The molecule has 0 heterocycles. The highest BCUT2D eigenvalue weighted by Crippen LogP contribution is 2.34. The molecule has 0 spiro atoms. The molecule has 0 saturated carbocycles. The zero-order valence-corrected chi connectivity index (χ0v) is 12.4. The van der Waals surface area contributed by atoms with Crippen LogP contribution in [0.4, 0.5) is 17.1 Å². The first kappa shape index (κ1) is 16.2. The Bertz CT molecular complexity index is 473. The summed E-state index contributed by atoms with van der Waals surface area (Å²) in [6, 6.07) is 5.10. The van der Waals surface area contributed by atoms with Crippen molar-refractivity contribution in [3.63, 3.8) is 0 Å². The van der Waals surface area contributed by atoms with Gasteiger partial charge >= 0.3 is 5.69 Å². The van der Waals surface area contributed by atoms with E-state index in [9.17, 15) is 15.2 Å². The molecule has 0 radical (unpaired) electrons. The van der Waals surface area contributed by atoms with Crippen molar-refractivity contribution in [2.24, 2.45) is 0 Å². The van der Waals surface area contributed by atoms with Crippen LogP contribution in [-0.2, 0) is 0 Å². The standard InChI is InChI=1S/C14H23N3O3/c1-5-9-15-11-7-6-8-12(13(11)17(19)20)16-14(3,4)10(2)18/h6-8,10,15-16,18H,5,9H2,1-4H3. The summed E-state index contributed by atoms with van der Waals surface area (Å²) in [5.74, 6) is 0. The molecular weight excluding hydrogens is 258 g/mol. The molecule has 6 nitrogen and oxygen atoms in total. The van der Waals surface area contributed by atoms with Gasteiger partial charge in [-0.3, -0.25) is 10.1 Å². The second-order valence-corrected chi connectivity index (χ2v) is 5.41. The summed E-state index contributed by atoms with van der Waals surface area (Å²) in [7, 11) is 0. The van der Waals surface area contributed by atoms with Crippen LogP contribution in [0, 0.1) is 10.1 Å². The van der Waals surface area contributed by atoms with Crippen LogP contribution in [0.2, 0.25) is 0 Å². The van der Waals surface area contributed by atoms with Crippen LogP contribution in [0.15, 0.2) is 18.2 Å². The smallest absolute Gasteiger partial charge is 0.315 e. The van der Waals surface area contributed by atoms with Crippen LogP contribution in [0.1, 0.15) is 34.1 Å². The van der Waals surface area contributed by atoms with E-state index in [1.165, 1.54) is 0 Å². The summed E-state index contributed by atoms with van der Waals surface area (Å²) < 4.78 is 0. The van der Waals surface area contributed by atoms with Crippen LogP contribution in [-0.4, -0.2) is 28.2 Å². The molecule has 1 aromatic rings. The number of rotatable bonds is 7. The van der Waals surface area contributed by atoms with E-state index in [1.807, 2.05) is 6.92 Å². The van der Waals surface area contributed by atoms with E-state index in [4.69, 9.17) is 0 Å². The fourth-order valence-electron chi connectivity index (χ4n) is 1.69. The Morgan fingerprint density at radius 2 is 2.00 bits per heavy atom. The van der Waals surface area contributed by atoms with Gasteiger partial charge in [0.05, 0.1) is 16.6 Å². The molecule has 6 heteroatoms. The quantitative estimate of drug-likeness (QED) is 0.528. The molecule has 0 aliphatic carbocycles. The van der Waals surface area contributed by atoms with E-state index in [2.05, 4.69) is 10.6 Å². The zero-order valence-electron chi connectivity index (χ0n) is 12.4. The van der Waals surface area contributed by atoms with Gasteiger partial charge in [0.2, 0.25) is 0 Å². The molecule has 0 fully saturated rings. The lowest BCUT2D eigenvalue weighted by atomic mass is 9.98. The number of hydrogen-bond acceptors (Lipinski definition) is 5. The zero-order chi connectivity index (χ0) is 15.3. The lowest BCUT2D eigenvalue weighted by molar-refractivity contribution is -0.383. The number of anilines is 2. The summed E-state index contributed by atoms with van der Waals surface area (Å²) in [4.78, 5) is 10.9. The maximum absolute atomic E-state index is 11.3. The van der Waals surface area contributed by atoms with E-state index in [0.29, 0.717) is 17.9 Å². The maximum atomic E-state index is 11.3. The summed E-state index contributed by atoms with van der Waals surface area (Å²) in [5, 5.41) is 27.2. The van der Waals surface area contributed by atoms with Crippen LogP contribution >= 0.6 is 0 Å². The van der Waals surface area contributed by atoms with E-state index in [1.54, 1.807) is 39.0 Å². The predicted octanol–water partition coefficient (Wildman–Crippen LogP) is 2.99. The van der Waals surface area contributed by atoms with Crippen molar-refractivity contribution in [2.45, 2.75) is 45.8 Å². The Hall–Kier alpha value is -1.82. The normalized spacial score (nSPS) is 12.8. The van der Waals surface area contributed by atoms with E-state index in [-0.39, 0.29) is 5.69 Å². The number of nitrogens with zero attached hydrogens (tertiary/aromatic N) is 1. The minimum atomic E-state index is -0.659. The number of aliphatic hydroxyl groups is 1. The number of hydrogen-bond donors (Lipinski definition) is 3. The maximum Gasteiger partial charge on any atom is 0.315 e. The second kappa shape index (κ2) is 6.56. The minimum Gasteiger partial charge on any atom is -0.391 e. The molecule has 0 amide bonds. The molecule has 1 atom stereocenters. The van der Waals surface area contributed by atoms with E-state index < -0.39 is 16.6 Å². The van der Waals surface area contributed by atoms with Crippen molar-refractivity contribution in [2.75, 3.05) is 17.2 Å². The average Bonchev–Trinajstić information content (AvgIpc) is 2.35. The van der Waals surface area contributed by atoms with Crippen molar-refractivity contribution >= 4 is 17.1 Å². The van der Waals surface area contributed by atoms with Gasteiger partial charge in [-0.15, -0.1) is 0 Å². The van der Waals surface area contributed by atoms with E-state index >= 15 is 0 Å². The Labute approximate surface area is 119 Å². The average molecular weight is 281 g/mol. The number of nitrogens with one attached hydrogen (secondary N) is 2. The molecule has 0 aliphatic heterocycles. The summed E-state index contributed by atoms with van der Waals surface area (Å²) in [5.41, 5.74) is 0.244. The largest absolute Gasteiger partial charge is 0.391 e. The highest BCUT2D eigenvalue weighted by atomic mass is 16.6. The lowest BCUT2D eigenvalue weighted by Crippen LogP contribution is -2.42. The molecular formula is C14H23N3O3. The molecule has 0 aromatic heterocycles. The third-order valence-electron chi connectivity index (χ3n) is 3.29. The van der Waals surface area contributed by atoms with Crippen molar-refractivity contribution in [1.29, 1.82) is 0 Å². The SMILES string of the molecule is CCCNc1cccc(NC(C)(C)C(C)O)c1[N+](=O)[O-]. The molecule has 0 aliphatic rings. The topological polar surface area (TPSA) is 87.4 Å². The monoisotopic (exact) mass is 281 g/mol. The van der Waals surface area contributed by atoms with Crippen LogP contribution < -0.4 is 10.6 Å². The summed E-state index contributed by atoms with van der Waals surface area (Å²) >= 11 is 0. The third-order valence-corrected chi connectivity index (χ3v) is 3.29. The first-order valence-electron chi connectivity index (χ1n) is 6.77. The van der Waals surface area contributed by atoms with Crippen molar-refractivity contribution in [1.82, 2.24) is 0 Å². The predicted molar refractivity (Wildman–Crippen MR) is 81.3 cm³/mol. The first-order chi connectivity index (χ1) is 9.29. The van der Waals surface area contributed by atoms with Gasteiger partial charge in [0.15, 0.2) is 0 Å². The van der Waals surface area contributed by atoms with Gasteiger partial charge in [-0.25, -0.2) is 0 Å². The van der Waals surface area contributed by atoms with Gasteiger partial charge in [0, 0.05) is 6.54 Å². The van der Waals surface area contributed by atoms with Gasteiger partial charge in [-0.2, -0.15) is 0 Å². The van der Waals surface area contributed by atoms with Crippen molar-refractivity contribution < 1.29 is 10.0 Å². The van der Waals surface area contributed by atoms with Crippen LogP contribution in [0.5, 0.6) is 0 Å². The molecule has 1 unspecified atom stereocenters. The Morgan fingerprint density at radius 3 is 2.50 bits per heavy atom. The molecule has 0 bridgehead atoms. The first-order valence-corrected chi connectivity index (χ1v) is 6.77. The molecule has 3 N–H and O–H groups in total. The van der Waals surface area contributed by atoms with Gasteiger partial charge in [0.25, 0.3) is 0 Å². The summed E-state index contributed by atoms with van der Waals surface area (Å²) in [6.07, 6.45) is 0.239. The Balaban J connectivity index is 3.16. The lowest BCUT2D eigenvalue weighted by Gasteiger charge is -2.30. The number of nitro groups is 1. The molecule has 1 aromatic carbocycles. The summed E-state index contributed by atoms with van der Waals surface area (Å²) in [6.45, 7) is 7.92. The highest BCUT2D eigenvalue weighted by Gasteiger charge is 2.28. The fourth-order valence-corrected chi connectivity index (χ4v) is 1.69. The minimum absolute atomic E-state index is 0.00896. The molecule has 112 valence electrons. The molecule has 0 saturated heterocycles. The van der Waals surface area contributed by atoms with Crippen molar-refractivity contribution in [3.8, 4) is 0 Å². The van der Waals surface area contributed by atoms with Crippen LogP contribution in [0.3, 0.4) is 0 Å². The highest BCUT2D eigenvalue weighted by molar-refractivity contribution is 5.76.